The van der Waals surface area contributed by atoms with Gasteiger partial charge < -0.3 is 5.32 Å². The lowest BCUT2D eigenvalue weighted by atomic mass is 9.93. The Hall–Kier alpha value is -2.21. The topological polar surface area (TPSA) is 66.5 Å². The lowest BCUT2D eigenvalue weighted by molar-refractivity contribution is -0.120. The molecule has 1 heterocycles. The third-order valence-corrected chi connectivity index (χ3v) is 4.29. The smallest absolute Gasteiger partial charge is 0.261 e. The minimum atomic E-state index is -0.786. The van der Waals surface area contributed by atoms with Crippen molar-refractivity contribution in [3.63, 3.8) is 0 Å². The molecule has 0 aromatic heterocycles. The molecule has 1 aliphatic heterocycles. The van der Waals surface area contributed by atoms with Crippen molar-refractivity contribution < 1.29 is 18.8 Å². The maximum Gasteiger partial charge on any atom is 0.261 e. The van der Waals surface area contributed by atoms with Crippen LogP contribution in [0, 0.1) is 5.82 Å². The number of nitrogens with one attached hydrogen (secondary N) is 1. The van der Waals surface area contributed by atoms with Crippen molar-refractivity contribution in [2.24, 2.45) is 0 Å². The van der Waals surface area contributed by atoms with Gasteiger partial charge in [-0.15, -0.1) is 0 Å². The number of amides is 3. The van der Waals surface area contributed by atoms with Gasteiger partial charge in [0.1, 0.15) is 5.82 Å². The van der Waals surface area contributed by atoms with E-state index < -0.39 is 17.6 Å². The molecule has 5 nitrogen and oxygen atoms in total. The number of hydrogen-bond donors (Lipinski definition) is 1. The molecule has 1 aromatic rings. The molecule has 0 fully saturated rings. The molecule has 3 rings (SSSR count). The van der Waals surface area contributed by atoms with Crippen LogP contribution < -0.4 is 10.2 Å². The summed E-state index contributed by atoms with van der Waals surface area (Å²) in [5.74, 6) is -2.15. The molecule has 3 amide bonds. The summed E-state index contributed by atoms with van der Waals surface area (Å²) in [6.07, 6.45) is 2.74. The van der Waals surface area contributed by atoms with E-state index in [9.17, 15) is 18.8 Å². The minimum absolute atomic E-state index is 0.00160. The molecule has 0 saturated heterocycles. The quantitative estimate of drug-likeness (QED) is 0.843. The summed E-state index contributed by atoms with van der Waals surface area (Å²) in [7, 11) is 0. The predicted molar refractivity (Wildman–Crippen MR) is 83.7 cm³/mol. The summed E-state index contributed by atoms with van der Waals surface area (Å²) in [4.78, 5) is 37.0. The second-order valence-electron chi connectivity index (χ2n) is 5.57. The van der Waals surface area contributed by atoms with Gasteiger partial charge in [-0.05, 0) is 37.8 Å². The van der Waals surface area contributed by atoms with Crippen molar-refractivity contribution in [2.75, 3.05) is 10.2 Å². The van der Waals surface area contributed by atoms with Crippen LogP contribution in [0.25, 0.3) is 0 Å². The molecular formula is C16H14ClFN2O3. The summed E-state index contributed by atoms with van der Waals surface area (Å²) < 4.78 is 14.3. The second-order valence-corrected chi connectivity index (χ2v) is 5.98. The maximum atomic E-state index is 14.3. The van der Waals surface area contributed by atoms with Crippen LogP contribution in [0.1, 0.15) is 32.6 Å². The van der Waals surface area contributed by atoms with Crippen molar-refractivity contribution in [2.45, 2.75) is 32.6 Å². The summed E-state index contributed by atoms with van der Waals surface area (Å²) in [5.41, 5.74) is 0.900. The molecule has 120 valence electrons. The van der Waals surface area contributed by atoms with Crippen LogP contribution in [-0.2, 0) is 14.4 Å². The van der Waals surface area contributed by atoms with Crippen LogP contribution >= 0.6 is 11.6 Å². The highest BCUT2D eigenvalue weighted by atomic mass is 35.5. The van der Waals surface area contributed by atoms with Gasteiger partial charge in [-0.2, -0.15) is 0 Å². The first-order valence-electron chi connectivity index (χ1n) is 7.27. The van der Waals surface area contributed by atoms with Gasteiger partial charge in [0.15, 0.2) is 0 Å². The molecule has 0 saturated carbocycles. The largest absolute Gasteiger partial charge is 0.325 e. The normalized spacial score (nSPS) is 17.6. The number of carbonyl (C=O) groups excluding carboxylic acids is 3. The van der Waals surface area contributed by atoms with Crippen LogP contribution in [0.2, 0.25) is 5.02 Å². The molecule has 1 N–H and O–H groups in total. The number of anilines is 2. The molecule has 23 heavy (non-hydrogen) atoms. The first kappa shape index (κ1) is 15.7. The Bertz CT molecular complexity index is 745. The Morgan fingerprint density at radius 2 is 1.74 bits per heavy atom. The number of carbonyl (C=O) groups is 3. The molecule has 0 spiro atoms. The lowest BCUT2D eigenvalue weighted by Crippen LogP contribution is -2.32. The van der Waals surface area contributed by atoms with Crippen LogP contribution in [0.15, 0.2) is 23.3 Å². The Morgan fingerprint density at radius 1 is 1.17 bits per heavy atom. The number of halogens is 2. The van der Waals surface area contributed by atoms with Gasteiger partial charge in [0.05, 0.1) is 16.4 Å². The molecule has 0 bridgehead atoms. The SMILES string of the molecule is CC(=O)Nc1cc(N2C(=O)C3=C(CCCC3)C2=O)c(F)cc1Cl. The second kappa shape index (κ2) is 5.77. The Morgan fingerprint density at radius 3 is 2.26 bits per heavy atom. The molecule has 2 aliphatic rings. The minimum Gasteiger partial charge on any atom is -0.325 e. The summed E-state index contributed by atoms with van der Waals surface area (Å²) in [5, 5.41) is 2.45. The van der Waals surface area contributed by atoms with Crippen molar-refractivity contribution in [1.82, 2.24) is 0 Å². The summed E-state index contributed by atoms with van der Waals surface area (Å²) in [6, 6.07) is 2.20. The first-order valence-corrected chi connectivity index (χ1v) is 7.65. The molecule has 0 unspecified atom stereocenters. The van der Waals surface area contributed by atoms with Crippen molar-refractivity contribution in [3.05, 3.63) is 34.1 Å². The average molecular weight is 337 g/mol. The van der Waals surface area contributed by atoms with Crippen LogP contribution in [-0.4, -0.2) is 17.7 Å². The Kier molecular flexibility index (Phi) is 3.93. The van der Waals surface area contributed by atoms with Crippen LogP contribution in [0.5, 0.6) is 0 Å². The third-order valence-electron chi connectivity index (χ3n) is 3.98. The van der Waals surface area contributed by atoms with Gasteiger partial charge in [-0.1, -0.05) is 11.6 Å². The summed E-state index contributed by atoms with van der Waals surface area (Å²) in [6.45, 7) is 1.28. The predicted octanol–water partition coefficient (Wildman–Crippen LogP) is 3.18. The van der Waals surface area contributed by atoms with Gasteiger partial charge in [0.25, 0.3) is 11.8 Å². The number of benzene rings is 1. The van der Waals surface area contributed by atoms with Gasteiger partial charge >= 0.3 is 0 Å². The van der Waals surface area contributed by atoms with Crippen molar-refractivity contribution in [3.8, 4) is 0 Å². The van der Waals surface area contributed by atoms with Crippen molar-refractivity contribution in [1.29, 1.82) is 0 Å². The van der Waals surface area contributed by atoms with E-state index in [0.717, 1.165) is 23.8 Å². The van der Waals surface area contributed by atoms with E-state index in [1.165, 1.54) is 13.0 Å². The fraction of sp³-hybridized carbons (Fsp3) is 0.312. The van der Waals surface area contributed by atoms with Gasteiger partial charge in [-0.3, -0.25) is 14.4 Å². The maximum absolute atomic E-state index is 14.3. The number of hydrogen-bond acceptors (Lipinski definition) is 3. The van der Waals surface area contributed by atoms with E-state index in [1.54, 1.807) is 0 Å². The van der Waals surface area contributed by atoms with E-state index in [2.05, 4.69) is 5.32 Å². The molecule has 0 radical (unpaired) electrons. The lowest BCUT2D eigenvalue weighted by Gasteiger charge is -2.18. The average Bonchev–Trinajstić information content (AvgIpc) is 2.74. The number of nitrogens with zero attached hydrogens (tertiary/aromatic N) is 1. The van der Waals surface area contributed by atoms with E-state index in [0.29, 0.717) is 24.0 Å². The Labute approximate surface area is 137 Å². The Balaban J connectivity index is 2.04. The van der Waals surface area contributed by atoms with Gasteiger partial charge in [0, 0.05) is 18.1 Å². The highest BCUT2D eigenvalue weighted by Crippen LogP contribution is 2.38. The molecular weight excluding hydrogens is 323 g/mol. The van der Waals surface area contributed by atoms with E-state index >= 15 is 0 Å². The standard InChI is InChI=1S/C16H14ClFN2O3/c1-8(21)19-13-7-14(12(18)6-11(13)17)20-15(22)9-4-2-3-5-10(9)16(20)23/h6-7H,2-5H2,1H3,(H,19,21). The fourth-order valence-electron chi connectivity index (χ4n) is 2.95. The van der Waals surface area contributed by atoms with Gasteiger partial charge in [-0.25, -0.2) is 9.29 Å². The fourth-order valence-corrected chi connectivity index (χ4v) is 3.15. The monoisotopic (exact) mass is 336 g/mol. The number of rotatable bonds is 2. The zero-order chi connectivity index (χ0) is 16.7. The zero-order valence-electron chi connectivity index (χ0n) is 12.4. The van der Waals surface area contributed by atoms with Crippen molar-refractivity contribution >= 4 is 40.7 Å². The van der Waals surface area contributed by atoms with E-state index in [1.807, 2.05) is 0 Å². The molecule has 7 heteroatoms. The highest BCUT2D eigenvalue weighted by molar-refractivity contribution is 6.35. The van der Waals surface area contributed by atoms with E-state index in [-0.39, 0.29) is 22.3 Å². The van der Waals surface area contributed by atoms with E-state index in [4.69, 9.17) is 11.6 Å². The zero-order valence-corrected chi connectivity index (χ0v) is 13.2. The van der Waals surface area contributed by atoms with Gasteiger partial charge in [0.2, 0.25) is 5.91 Å². The molecule has 0 atom stereocenters. The highest BCUT2D eigenvalue weighted by Gasteiger charge is 2.40. The summed E-state index contributed by atoms with van der Waals surface area (Å²) >= 11 is 5.89. The van der Waals surface area contributed by atoms with Crippen LogP contribution in [0.4, 0.5) is 15.8 Å². The first-order chi connectivity index (χ1) is 10.9. The third kappa shape index (κ3) is 2.63. The molecule has 1 aromatic carbocycles. The number of imide groups is 1. The van der Waals surface area contributed by atoms with Crippen LogP contribution in [0.3, 0.4) is 0 Å². The molecule has 1 aliphatic carbocycles.